The zero-order valence-electron chi connectivity index (χ0n) is 24.4. The molecule has 0 spiro atoms. The maximum Gasteiger partial charge on any atom is 0.410 e. The number of benzene rings is 3. The van der Waals surface area contributed by atoms with E-state index in [9.17, 15) is 13.2 Å². The number of amides is 1. The summed E-state index contributed by atoms with van der Waals surface area (Å²) in [5.74, 6) is 0. The van der Waals surface area contributed by atoms with E-state index in [1.807, 2.05) is 58.0 Å². The van der Waals surface area contributed by atoms with E-state index < -0.39 is 15.6 Å². The SMILES string of the molecule is Cc1ccc(S(=O)(=O)Nc2ccc3c(c2)N(Cc2cnc[nH]2)CC(Cc2ccccc2)N(C(=O)OC(C)(C)C)C3)cc1. The molecule has 9 nitrogen and oxygen atoms in total. The molecule has 1 aliphatic rings. The van der Waals surface area contributed by atoms with E-state index in [0.29, 0.717) is 31.7 Å². The van der Waals surface area contributed by atoms with Gasteiger partial charge in [0.2, 0.25) is 0 Å². The van der Waals surface area contributed by atoms with Crippen LogP contribution in [0, 0.1) is 6.92 Å². The van der Waals surface area contributed by atoms with Crippen molar-refractivity contribution in [2.75, 3.05) is 16.2 Å². The highest BCUT2D eigenvalue weighted by Crippen LogP contribution is 2.33. The van der Waals surface area contributed by atoms with Gasteiger partial charge in [-0.25, -0.2) is 18.2 Å². The fraction of sp³-hybridized carbons (Fsp3) is 0.312. The summed E-state index contributed by atoms with van der Waals surface area (Å²) < 4.78 is 35.0. The van der Waals surface area contributed by atoms with Gasteiger partial charge in [0.05, 0.1) is 41.7 Å². The number of hydrogen-bond acceptors (Lipinski definition) is 6. The van der Waals surface area contributed by atoms with Gasteiger partial charge in [-0.15, -0.1) is 0 Å². The summed E-state index contributed by atoms with van der Waals surface area (Å²) in [6, 6.07) is 22.1. The van der Waals surface area contributed by atoms with E-state index in [-0.39, 0.29) is 17.0 Å². The van der Waals surface area contributed by atoms with Crippen molar-refractivity contribution in [2.24, 2.45) is 0 Å². The van der Waals surface area contributed by atoms with Crippen LogP contribution in [0.1, 0.15) is 43.2 Å². The number of aromatic amines is 1. The number of sulfonamides is 1. The standard InChI is InChI=1S/C32H37N5O4S/c1-23-10-14-29(15-11-23)42(39,40)35-26-13-12-25-19-37(31(38)41-32(2,3)4)28(16-24-8-6-5-7-9-24)21-36(30(25)17-26)20-27-18-33-22-34-27/h5-15,17-18,22,28,35H,16,19-21H2,1-4H3,(H,33,34). The zero-order chi connectivity index (χ0) is 29.9. The third kappa shape index (κ3) is 7.12. The van der Waals surface area contributed by atoms with Gasteiger partial charge in [-0.05, 0) is 69.5 Å². The Kier molecular flexibility index (Phi) is 8.27. The lowest BCUT2D eigenvalue weighted by molar-refractivity contribution is 0.0152. The predicted octanol–water partition coefficient (Wildman–Crippen LogP) is 5.89. The van der Waals surface area contributed by atoms with Crippen LogP contribution in [-0.4, -0.2) is 47.6 Å². The molecule has 0 aliphatic carbocycles. The third-order valence-corrected chi connectivity index (χ3v) is 8.48. The van der Waals surface area contributed by atoms with Crippen LogP contribution < -0.4 is 9.62 Å². The van der Waals surface area contributed by atoms with E-state index in [0.717, 1.165) is 28.1 Å². The minimum absolute atomic E-state index is 0.191. The molecular weight excluding hydrogens is 550 g/mol. The molecule has 42 heavy (non-hydrogen) atoms. The maximum atomic E-state index is 13.6. The Morgan fingerprint density at radius 1 is 1.07 bits per heavy atom. The van der Waals surface area contributed by atoms with Crippen LogP contribution >= 0.6 is 0 Å². The molecular formula is C32H37N5O4S. The van der Waals surface area contributed by atoms with Gasteiger partial charge < -0.3 is 14.6 Å². The lowest BCUT2D eigenvalue weighted by Gasteiger charge is -2.34. The highest BCUT2D eigenvalue weighted by atomic mass is 32.2. The number of rotatable bonds is 7. The van der Waals surface area contributed by atoms with Gasteiger partial charge >= 0.3 is 6.09 Å². The largest absolute Gasteiger partial charge is 0.444 e. The smallest absolute Gasteiger partial charge is 0.410 e. The Hall–Kier alpha value is -4.31. The Morgan fingerprint density at radius 2 is 1.81 bits per heavy atom. The summed E-state index contributed by atoms with van der Waals surface area (Å²) in [5.41, 5.74) is 4.48. The molecule has 0 saturated heterocycles. The van der Waals surface area contributed by atoms with Gasteiger partial charge in [0.25, 0.3) is 10.0 Å². The fourth-order valence-corrected chi connectivity index (χ4v) is 6.12. The topological polar surface area (TPSA) is 108 Å². The van der Waals surface area contributed by atoms with Gasteiger partial charge in [-0.3, -0.25) is 9.62 Å². The Labute approximate surface area is 247 Å². The first-order valence-corrected chi connectivity index (χ1v) is 15.4. The lowest BCUT2D eigenvalue weighted by atomic mass is 10.0. The van der Waals surface area contributed by atoms with Crippen molar-refractivity contribution >= 4 is 27.5 Å². The second kappa shape index (κ2) is 11.9. The molecule has 0 radical (unpaired) electrons. The summed E-state index contributed by atoms with van der Waals surface area (Å²) >= 11 is 0. The molecule has 10 heteroatoms. The minimum Gasteiger partial charge on any atom is -0.444 e. The molecule has 3 aromatic carbocycles. The Morgan fingerprint density at radius 3 is 2.48 bits per heavy atom. The monoisotopic (exact) mass is 587 g/mol. The van der Waals surface area contributed by atoms with Crippen LogP contribution in [-0.2, 0) is 34.3 Å². The molecule has 2 heterocycles. The van der Waals surface area contributed by atoms with Crippen LogP contribution in [0.2, 0.25) is 0 Å². The molecule has 2 N–H and O–H groups in total. The number of ether oxygens (including phenoxy) is 1. The van der Waals surface area contributed by atoms with Crippen LogP contribution in [0.5, 0.6) is 0 Å². The van der Waals surface area contributed by atoms with Crippen molar-refractivity contribution in [2.45, 2.75) is 63.7 Å². The van der Waals surface area contributed by atoms with Crippen molar-refractivity contribution in [3.63, 3.8) is 0 Å². The van der Waals surface area contributed by atoms with E-state index >= 15 is 0 Å². The molecule has 1 aromatic heterocycles. The van der Waals surface area contributed by atoms with Gasteiger partial charge in [0, 0.05) is 18.4 Å². The molecule has 1 atom stereocenters. The first-order chi connectivity index (χ1) is 20.0. The molecule has 5 rings (SSSR count). The van der Waals surface area contributed by atoms with E-state index in [1.54, 1.807) is 47.8 Å². The lowest BCUT2D eigenvalue weighted by Crippen LogP contribution is -2.47. The van der Waals surface area contributed by atoms with Crippen molar-refractivity contribution in [1.82, 2.24) is 14.9 Å². The molecule has 1 aliphatic heterocycles. The minimum atomic E-state index is -3.80. The summed E-state index contributed by atoms with van der Waals surface area (Å²) in [7, 11) is -3.80. The molecule has 0 fully saturated rings. The first kappa shape index (κ1) is 29.2. The van der Waals surface area contributed by atoms with Gasteiger partial charge in [-0.2, -0.15) is 0 Å². The zero-order valence-corrected chi connectivity index (χ0v) is 25.2. The van der Waals surface area contributed by atoms with Gasteiger partial charge in [0.1, 0.15) is 5.60 Å². The van der Waals surface area contributed by atoms with Crippen LogP contribution in [0.25, 0.3) is 0 Å². The number of nitrogens with zero attached hydrogens (tertiary/aromatic N) is 3. The number of aromatic nitrogens is 2. The molecule has 0 saturated carbocycles. The van der Waals surface area contributed by atoms with Crippen LogP contribution in [0.15, 0.2) is 90.2 Å². The van der Waals surface area contributed by atoms with Crippen molar-refractivity contribution in [1.29, 1.82) is 0 Å². The molecule has 220 valence electrons. The van der Waals surface area contributed by atoms with Gasteiger partial charge in [0.15, 0.2) is 0 Å². The maximum absolute atomic E-state index is 13.6. The average molecular weight is 588 g/mol. The first-order valence-electron chi connectivity index (χ1n) is 13.9. The Balaban J connectivity index is 1.53. The van der Waals surface area contributed by atoms with Crippen LogP contribution in [0.4, 0.5) is 16.2 Å². The van der Waals surface area contributed by atoms with Crippen LogP contribution in [0.3, 0.4) is 0 Å². The molecule has 4 aromatic rings. The average Bonchev–Trinajstić information content (AvgIpc) is 3.39. The number of fused-ring (bicyclic) bond motifs is 1. The molecule has 1 amide bonds. The normalized spacial score (nSPS) is 15.6. The second-order valence-corrected chi connectivity index (χ2v) is 13.4. The number of anilines is 2. The Bertz CT molecular complexity index is 1620. The van der Waals surface area contributed by atoms with Crippen molar-refractivity contribution in [3.05, 3.63) is 108 Å². The number of H-pyrrole nitrogens is 1. The second-order valence-electron chi connectivity index (χ2n) is 11.7. The molecule has 1 unspecified atom stereocenters. The summed E-state index contributed by atoms with van der Waals surface area (Å²) in [5, 5.41) is 0. The van der Waals surface area contributed by atoms with Crippen molar-refractivity contribution in [3.8, 4) is 0 Å². The quantitative estimate of drug-likeness (QED) is 0.279. The highest BCUT2D eigenvalue weighted by molar-refractivity contribution is 7.92. The summed E-state index contributed by atoms with van der Waals surface area (Å²) in [6.07, 6.45) is 3.64. The number of aryl methyl sites for hydroxylation is 1. The molecule has 0 bridgehead atoms. The summed E-state index contributed by atoms with van der Waals surface area (Å²) in [4.78, 5) is 25.1. The fourth-order valence-electron chi connectivity index (χ4n) is 5.07. The third-order valence-electron chi connectivity index (χ3n) is 7.08. The summed E-state index contributed by atoms with van der Waals surface area (Å²) in [6.45, 7) is 8.80. The predicted molar refractivity (Wildman–Crippen MR) is 164 cm³/mol. The van der Waals surface area contributed by atoms with E-state index in [4.69, 9.17) is 4.74 Å². The number of hydrogen-bond donors (Lipinski definition) is 2. The van der Waals surface area contributed by atoms with Crippen molar-refractivity contribution < 1.29 is 17.9 Å². The van der Waals surface area contributed by atoms with Gasteiger partial charge in [-0.1, -0.05) is 54.1 Å². The number of carbonyl (C=O) groups is 1. The van der Waals surface area contributed by atoms with E-state index in [2.05, 4.69) is 31.7 Å². The number of imidazole rings is 1. The highest BCUT2D eigenvalue weighted by Gasteiger charge is 2.34. The van der Waals surface area contributed by atoms with E-state index in [1.165, 1.54) is 0 Å². The number of carbonyl (C=O) groups excluding carboxylic acids is 1. The number of nitrogens with one attached hydrogen (secondary N) is 2.